The molecule has 9 heteroatoms. The highest BCUT2D eigenvalue weighted by Crippen LogP contribution is 2.35. The molecular weight excluding hydrogens is 471 g/mol. The van der Waals surface area contributed by atoms with Crippen molar-refractivity contribution in [2.24, 2.45) is 0 Å². The SMILES string of the molecule is COC(=O)c1c(NC(=O)c2ccc(Cl)cc2Cl)sc(C(=O)Nc2ccc(C)cc2C)c1C. The number of benzene rings is 2. The number of amides is 2. The van der Waals surface area contributed by atoms with E-state index >= 15 is 0 Å². The van der Waals surface area contributed by atoms with Gasteiger partial charge in [0.1, 0.15) is 5.00 Å². The molecule has 0 spiro atoms. The fourth-order valence-electron chi connectivity index (χ4n) is 3.14. The van der Waals surface area contributed by atoms with Crippen molar-refractivity contribution in [2.75, 3.05) is 17.7 Å². The highest BCUT2D eigenvalue weighted by atomic mass is 35.5. The summed E-state index contributed by atoms with van der Waals surface area (Å²) in [5.41, 5.74) is 3.34. The second kappa shape index (κ2) is 9.73. The van der Waals surface area contributed by atoms with Crippen LogP contribution >= 0.6 is 34.5 Å². The summed E-state index contributed by atoms with van der Waals surface area (Å²) in [4.78, 5) is 38.5. The summed E-state index contributed by atoms with van der Waals surface area (Å²) in [7, 11) is 1.23. The molecule has 0 saturated carbocycles. The Kier molecular flexibility index (Phi) is 7.23. The number of thiophene rings is 1. The van der Waals surface area contributed by atoms with Crippen molar-refractivity contribution in [3.05, 3.63) is 79.1 Å². The number of hydrogen-bond donors (Lipinski definition) is 2. The Hall–Kier alpha value is -2.87. The minimum absolute atomic E-state index is 0.113. The summed E-state index contributed by atoms with van der Waals surface area (Å²) < 4.78 is 4.87. The van der Waals surface area contributed by atoms with Gasteiger partial charge < -0.3 is 15.4 Å². The van der Waals surface area contributed by atoms with Gasteiger partial charge in [-0.3, -0.25) is 9.59 Å². The second-order valence-electron chi connectivity index (χ2n) is 7.10. The molecule has 1 aromatic heterocycles. The van der Waals surface area contributed by atoms with Gasteiger partial charge in [-0.2, -0.15) is 0 Å². The van der Waals surface area contributed by atoms with Gasteiger partial charge in [0.25, 0.3) is 11.8 Å². The normalized spacial score (nSPS) is 10.6. The van der Waals surface area contributed by atoms with E-state index in [4.69, 9.17) is 27.9 Å². The van der Waals surface area contributed by atoms with Gasteiger partial charge in [-0.05, 0) is 56.2 Å². The fraction of sp³-hybridized carbons (Fsp3) is 0.174. The first kappa shape index (κ1) is 23.8. The molecule has 6 nitrogen and oxygen atoms in total. The topological polar surface area (TPSA) is 84.5 Å². The number of halogens is 2. The molecule has 1 heterocycles. The molecule has 3 aromatic rings. The zero-order valence-corrected chi connectivity index (χ0v) is 20.1. The minimum atomic E-state index is -0.665. The molecule has 32 heavy (non-hydrogen) atoms. The van der Waals surface area contributed by atoms with Crippen LogP contribution < -0.4 is 10.6 Å². The van der Waals surface area contributed by atoms with Crippen LogP contribution in [-0.4, -0.2) is 24.9 Å². The van der Waals surface area contributed by atoms with E-state index in [-0.39, 0.29) is 26.0 Å². The quantitative estimate of drug-likeness (QED) is 0.412. The van der Waals surface area contributed by atoms with Gasteiger partial charge >= 0.3 is 5.97 Å². The van der Waals surface area contributed by atoms with Crippen LogP contribution in [0.1, 0.15) is 47.1 Å². The van der Waals surface area contributed by atoms with E-state index in [9.17, 15) is 14.4 Å². The zero-order chi connectivity index (χ0) is 23.6. The number of hydrogen-bond acceptors (Lipinski definition) is 5. The standard InChI is InChI=1S/C23H20Cl2N2O4S/c1-11-5-8-17(12(2)9-11)26-21(29)19-13(3)18(23(30)31-4)22(32-19)27-20(28)15-7-6-14(24)10-16(15)25/h5-10H,1-4H3,(H,26,29)(H,27,28). The van der Waals surface area contributed by atoms with Gasteiger partial charge in [0.2, 0.25) is 0 Å². The van der Waals surface area contributed by atoms with Crippen molar-refractivity contribution in [3.8, 4) is 0 Å². The number of esters is 1. The molecule has 0 saturated heterocycles. The van der Waals surface area contributed by atoms with Crippen molar-refractivity contribution in [1.29, 1.82) is 0 Å². The van der Waals surface area contributed by atoms with E-state index in [1.165, 1.54) is 25.3 Å². The van der Waals surface area contributed by atoms with Gasteiger partial charge in [0.05, 0.1) is 28.1 Å². The molecule has 3 rings (SSSR count). The number of carbonyl (C=O) groups is 3. The predicted molar refractivity (Wildman–Crippen MR) is 129 cm³/mol. The number of anilines is 2. The number of carbonyl (C=O) groups excluding carboxylic acids is 3. The molecule has 0 atom stereocenters. The van der Waals surface area contributed by atoms with Crippen LogP contribution in [0.5, 0.6) is 0 Å². The van der Waals surface area contributed by atoms with E-state index in [1.54, 1.807) is 6.92 Å². The second-order valence-corrected chi connectivity index (χ2v) is 8.97. The third kappa shape index (κ3) is 4.96. The lowest BCUT2D eigenvalue weighted by Crippen LogP contribution is -2.15. The third-order valence-electron chi connectivity index (χ3n) is 4.78. The first-order valence-corrected chi connectivity index (χ1v) is 11.1. The highest BCUT2D eigenvalue weighted by Gasteiger charge is 2.27. The van der Waals surface area contributed by atoms with Crippen LogP contribution in [0.4, 0.5) is 10.7 Å². The van der Waals surface area contributed by atoms with E-state index in [2.05, 4.69) is 10.6 Å². The average molecular weight is 491 g/mol. The van der Waals surface area contributed by atoms with Gasteiger partial charge in [-0.1, -0.05) is 40.9 Å². The number of rotatable bonds is 5. The fourth-order valence-corrected chi connectivity index (χ4v) is 4.72. The Labute approximate surface area is 199 Å². The molecule has 0 unspecified atom stereocenters. The smallest absolute Gasteiger partial charge is 0.341 e. The third-order valence-corrected chi connectivity index (χ3v) is 6.53. The summed E-state index contributed by atoms with van der Waals surface area (Å²) in [5, 5.41) is 6.28. The monoisotopic (exact) mass is 490 g/mol. The Balaban J connectivity index is 1.96. The largest absolute Gasteiger partial charge is 0.465 e. The van der Waals surface area contributed by atoms with Crippen molar-refractivity contribution in [3.63, 3.8) is 0 Å². The Morgan fingerprint density at radius 3 is 2.28 bits per heavy atom. The summed E-state index contributed by atoms with van der Waals surface area (Å²) in [6, 6.07) is 10.1. The van der Waals surface area contributed by atoms with Crippen LogP contribution in [0.3, 0.4) is 0 Å². The Morgan fingerprint density at radius 2 is 1.66 bits per heavy atom. The summed E-state index contributed by atoms with van der Waals surface area (Å²) in [5.74, 6) is -1.60. The lowest BCUT2D eigenvalue weighted by molar-refractivity contribution is 0.0601. The first-order chi connectivity index (χ1) is 15.1. The van der Waals surface area contributed by atoms with E-state index in [0.717, 1.165) is 22.5 Å². The minimum Gasteiger partial charge on any atom is -0.465 e. The number of aryl methyl sites for hydroxylation is 2. The summed E-state index contributed by atoms with van der Waals surface area (Å²) in [6.45, 7) is 5.49. The van der Waals surface area contributed by atoms with Crippen LogP contribution in [0.2, 0.25) is 10.0 Å². The number of nitrogens with one attached hydrogen (secondary N) is 2. The molecule has 2 N–H and O–H groups in total. The highest BCUT2D eigenvalue weighted by molar-refractivity contribution is 7.19. The van der Waals surface area contributed by atoms with E-state index < -0.39 is 17.8 Å². The molecule has 0 aliphatic rings. The van der Waals surface area contributed by atoms with Gasteiger partial charge in [-0.15, -0.1) is 11.3 Å². The van der Waals surface area contributed by atoms with Crippen LogP contribution in [0.15, 0.2) is 36.4 Å². The average Bonchev–Trinajstić information content (AvgIpc) is 3.05. The molecule has 0 aliphatic carbocycles. The molecule has 166 valence electrons. The maximum absolute atomic E-state index is 13.0. The molecule has 0 aliphatic heterocycles. The number of methoxy groups -OCH3 is 1. The van der Waals surface area contributed by atoms with E-state index in [0.29, 0.717) is 16.3 Å². The van der Waals surface area contributed by atoms with Crippen molar-refractivity contribution in [2.45, 2.75) is 20.8 Å². The summed E-state index contributed by atoms with van der Waals surface area (Å²) in [6.07, 6.45) is 0. The molecular formula is C23H20Cl2N2O4S. The van der Waals surface area contributed by atoms with Crippen LogP contribution in [-0.2, 0) is 4.74 Å². The Bertz CT molecular complexity index is 1240. The number of ether oxygens (including phenoxy) is 1. The first-order valence-electron chi connectivity index (χ1n) is 9.49. The zero-order valence-electron chi connectivity index (χ0n) is 17.8. The molecule has 2 amide bonds. The van der Waals surface area contributed by atoms with Crippen LogP contribution in [0.25, 0.3) is 0 Å². The maximum Gasteiger partial charge on any atom is 0.341 e. The van der Waals surface area contributed by atoms with Gasteiger partial charge in [0.15, 0.2) is 0 Å². The van der Waals surface area contributed by atoms with Gasteiger partial charge in [-0.25, -0.2) is 4.79 Å². The van der Waals surface area contributed by atoms with Gasteiger partial charge in [0, 0.05) is 10.7 Å². The molecule has 0 radical (unpaired) electrons. The lowest BCUT2D eigenvalue weighted by Gasteiger charge is -2.08. The lowest BCUT2D eigenvalue weighted by atomic mass is 10.1. The van der Waals surface area contributed by atoms with Crippen molar-refractivity contribution >= 4 is 63.0 Å². The predicted octanol–water partition coefficient (Wildman–Crippen LogP) is 6.27. The molecule has 0 bridgehead atoms. The van der Waals surface area contributed by atoms with Crippen molar-refractivity contribution in [1.82, 2.24) is 0 Å². The summed E-state index contributed by atoms with van der Waals surface area (Å²) >= 11 is 13.0. The Morgan fingerprint density at radius 1 is 0.938 bits per heavy atom. The van der Waals surface area contributed by atoms with Crippen LogP contribution in [0, 0.1) is 20.8 Å². The molecule has 0 fully saturated rings. The van der Waals surface area contributed by atoms with Crippen molar-refractivity contribution < 1.29 is 19.1 Å². The van der Waals surface area contributed by atoms with E-state index in [1.807, 2.05) is 32.0 Å². The maximum atomic E-state index is 13.0. The molecule has 2 aromatic carbocycles.